The molecule has 0 bridgehead atoms. The zero-order valence-corrected chi connectivity index (χ0v) is 20.0. The molecule has 172 valence electrons. The van der Waals surface area contributed by atoms with Crippen molar-refractivity contribution >= 4 is 26.9 Å². The maximum absolute atomic E-state index is 12.6. The normalized spacial score (nSPS) is 19.3. The Hall–Kier alpha value is -2.45. The van der Waals surface area contributed by atoms with Crippen LogP contribution in [0.25, 0.3) is 11.0 Å². The Morgan fingerprint density at radius 3 is 2.66 bits per heavy atom. The smallest absolute Gasteiger partial charge is 0.211 e. The van der Waals surface area contributed by atoms with Crippen LogP contribution in [0.15, 0.2) is 36.8 Å². The molecule has 0 unspecified atom stereocenters. The quantitative estimate of drug-likeness (QED) is 0.540. The first kappa shape index (κ1) is 22.7. The molecule has 0 atom stereocenters. The van der Waals surface area contributed by atoms with Crippen molar-refractivity contribution in [2.75, 3.05) is 24.2 Å². The molecule has 2 aromatic heterocycles. The van der Waals surface area contributed by atoms with Gasteiger partial charge in [0.1, 0.15) is 17.8 Å². The summed E-state index contributed by atoms with van der Waals surface area (Å²) in [6.07, 6.45) is 7.95. The Morgan fingerprint density at radius 2 is 1.91 bits per heavy atom. The van der Waals surface area contributed by atoms with Crippen LogP contribution in [0.4, 0.5) is 5.82 Å². The predicted octanol–water partition coefficient (Wildman–Crippen LogP) is 3.73. The number of nitrogens with one attached hydrogen (secondary N) is 2. The number of nitrogens with zero attached hydrogens (tertiary/aromatic N) is 3. The van der Waals surface area contributed by atoms with Crippen molar-refractivity contribution in [3.05, 3.63) is 53.5 Å². The van der Waals surface area contributed by atoms with Crippen LogP contribution >= 0.6 is 0 Å². The van der Waals surface area contributed by atoms with Gasteiger partial charge in [0.15, 0.2) is 0 Å². The van der Waals surface area contributed by atoms with Gasteiger partial charge in [-0.3, -0.25) is 0 Å². The van der Waals surface area contributed by atoms with Crippen molar-refractivity contribution in [1.82, 2.24) is 19.7 Å². The second kappa shape index (κ2) is 9.58. The van der Waals surface area contributed by atoms with Crippen molar-refractivity contribution in [2.24, 2.45) is 5.92 Å². The lowest BCUT2D eigenvalue weighted by Crippen LogP contribution is -2.38. The minimum Gasteiger partial charge on any atom is -0.356 e. The highest BCUT2D eigenvalue weighted by molar-refractivity contribution is 7.89. The third-order valence-corrected chi connectivity index (χ3v) is 8.25. The Kier molecular flexibility index (Phi) is 6.81. The summed E-state index contributed by atoms with van der Waals surface area (Å²) in [6.45, 7) is 4.60. The number of fused-ring (bicyclic) bond motifs is 1. The van der Waals surface area contributed by atoms with E-state index in [0.29, 0.717) is 12.6 Å². The van der Waals surface area contributed by atoms with Gasteiger partial charge in [0.25, 0.3) is 0 Å². The SMILES string of the molecule is Cc1ccc(CCNS(=O)(=O)CC2CCC(N(C)c3ncnc4[nH]ccc34)CC2)c(C)c1. The third-order valence-electron chi connectivity index (χ3n) is 6.70. The first-order valence-electron chi connectivity index (χ1n) is 11.4. The lowest BCUT2D eigenvalue weighted by Gasteiger charge is -2.35. The number of hydrogen-bond acceptors (Lipinski definition) is 5. The number of aromatic nitrogens is 3. The highest BCUT2D eigenvalue weighted by Gasteiger charge is 2.28. The number of rotatable bonds is 8. The van der Waals surface area contributed by atoms with Crippen molar-refractivity contribution in [1.29, 1.82) is 0 Å². The van der Waals surface area contributed by atoms with Gasteiger partial charge in [-0.05, 0) is 69.1 Å². The number of aromatic amines is 1. The van der Waals surface area contributed by atoms with E-state index in [9.17, 15) is 8.42 Å². The van der Waals surface area contributed by atoms with E-state index in [1.165, 1.54) is 16.7 Å². The van der Waals surface area contributed by atoms with Gasteiger partial charge in [-0.15, -0.1) is 0 Å². The Morgan fingerprint density at radius 1 is 1.12 bits per heavy atom. The fraction of sp³-hybridized carbons (Fsp3) is 0.500. The molecule has 2 N–H and O–H groups in total. The molecule has 1 fully saturated rings. The Bertz CT molecular complexity index is 1170. The van der Waals surface area contributed by atoms with E-state index in [1.54, 1.807) is 6.33 Å². The maximum atomic E-state index is 12.6. The first-order chi connectivity index (χ1) is 15.3. The van der Waals surface area contributed by atoms with Gasteiger partial charge in [0.2, 0.25) is 10.0 Å². The molecule has 1 aliphatic carbocycles. The molecule has 4 rings (SSSR count). The van der Waals surface area contributed by atoms with Gasteiger partial charge in [-0.1, -0.05) is 23.8 Å². The molecule has 3 aromatic rings. The van der Waals surface area contributed by atoms with Crippen molar-refractivity contribution < 1.29 is 8.42 Å². The van der Waals surface area contributed by atoms with Crippen LogP contribution in [-0.2, 0) is 16.4 Å². The number of aryl methyl sites for hydroxylation is 2. The molecule has 1 saturated carbocycles. The van der Waals surface area contributed by atoms with Crippen LogP contribution in [0.2, 0.25) is 0 Å². The number of benzene rings is 1. The zero-order valence-electron chi connectivity index (χ0n) is 19.1. The Balaban J connectivity index is 1.27. The summed E-state index contributed by atoms with van der Waals surface area (Å²) >= 11 is 0. The molecule has 2 heterocycles. The average Bonchev–Trinajstić information content (AvgIpc) is 3.24. The fourth-order valence-corrected chi connectivity index (χ4v) is 6.33. The lowest BCUT2D eigenvalue weighted by atomic mass is 9.86. The maximum Gasteiger partial charge on any atom is 0.211 e. The number of sulfonamides is 1. The van der Waals surface area contributed by atoms with E-state index in [1.807, 2.05) is 12.3 Å². The highest BCUT2D eigenvalue weighted by atomic mass is 32.2. The fourth-order valence-electron chi connectivity index (χ4n) is 4.85. The molecule has 0 aliphatic heterocycles. The molecule has 0 radical (unpaired) electrons. The molecular weight excluding hydrogens is 422 g/mol. The minimum atomic E-state index is -3.27. The van der Waals surface area contributed by atoms with Crippen molar-refractivity contribution in [3.8, 4) is 0 Å². The number of hydrogen-bond donors (Lipinski definition) is 2. The molecule has 0 amide bonds. The monoisotopic (exact) mass is 455 g/mol. The minimum absolute atomic E-state index is 0.205. The summed E-state index contributed by atoms with van der Waals surface area (Å²) in [7, 11) is -1.20. The van der Waals surface area contributed by atoms with Crippen molar-refractivity contribution in [3.63, 3.8) is 0 Å². The van der Waals surface area contributed by atoms with E-state index in [4.69, 9.17) is 0 Å². The van der Waals surface area contributed by atoms with Crippen LogP contribution in [0.3, 0.4) is 0 Å². The van der Waals surface area contributed by atoms with Crippen LogP contribution in [-0.4, -0.2) is 48.8 Å². The third kappa shape index (κ3) is 5.30. The van der Waals surface area contributed by atoms with Gasteiger partial charge >= 0.3 is 0 Å². The second-order valence-corrected chi connectivity index (χ2v) is 10.9. The summed E-state index contributed by atoms with van der Waals surface area (Å²) in [5.74, 6) is 1.35. The Labute approximate surface area is 190 Å². The molecule has 7 nitrogen and oxygen atoms in total. The molecular formula is C24H33N5O2S. The zero-order chi connectivity index (χ0) is 22.7. The van der Waals surface area contributed by atoms with Gasteiger partial charge in [0, 0.05) is 25.8 Å². The largest absolute Gasteiger partial charge is 0.356 e. The second-order valence-electron chi connectivity index (χ2n) is 9.08. The molecule has 32 heavy (non-hydrogen) atoms. The van der Waals surface area contributed by atoms with E-state index >= 15 is 0 Å². The molecule has 1 aromatic carbocycles. The summed E-state index contributed by atoms with van der Waals surface area (Å²) < 4.78 is 28.1. The summed E-state index contributed by atoms with van der Waals surface area (Å²) in [6, 6.07) is 8.68. The van der Waals surface area contributed by atoms with Crippen LogP contribution < -0.4 is 9.62 Å². The van der Waals surface area contributed by atoms with Crippen LogP contribution in [0.5, 0.6) is 0 Å². The number of H-pyrrole nitrogens is 1. The number of anilines is 1. The van der Waals surface area contributed by atoms with Gasteiger partial charge in [0.05, 0.1) is 11.1 Å². The van der Waals surface area contributed by atoms with Crippen LogP contribution in [0, 0.1) is 19.8 Å². The molecule has 8 heteroatoms. The van der Waals surface area contributed by atoms with E-state index in [-0.39, 0.29) is 11.7 Å². The van der Waals surface area contributed by atoms with Crippen LogP contribution in [0.1, 0.15) is 42.4 Å². The molecule has 0 spiro atoms. The van der Waals surface area contributed by atoms with E-state index in [2.05, 4.69) is 63.7 Å². The molecule has 1 aliphatic rings. The van der Waals surface area contributed by atoms with E-state index < -0.39 is 10.0 Å². The summed E-state index contributed by atoms with van der Waals surface area (Å²) in [5.41, 5.74) is 4.48. The topological polar surface area (TPSA) is 91.0 Å². The van der Waals surface area contributed by atoms with E-state index in [0.717, 1.165) is 49.0 Å². The lowest BCUT2D eigenvalue weighted by molar-refractivity contribution is 0.340. The average molecular weight is 456 g/mol. The molecule has 0 saturated heterocycles. The highest BCUT2D eigenvalue weighted by Crippen LogP contribution is 2.32. The first-order valence-corrected chi connectivity index (χ1v) is 13.0. The van der Waals surface area contributed by atoms with Gasteiger partial charge in [-0.2, -0.15) is 0 Å². The summed E-state index contributed by atoms with van der Waals surface area (Å²) in [4.78, 5) is 14.1. The van der Waals surface area contributed by atoms with Gasteiger partial charge in [-0.25, -0.2) is 23.1 Å². The van der Waals surface area contributed by atoms with Gasteiger partial charge < -0.3 is 9.88 Å². The standard InChI is InChI=1S/C24H33N5O2S/c1-17-4-7-20(18(2)14-17)10-13-28-32(30,31)15-19-5-8-21(9-6-19)29(3)24-22-11-12-25-23(22)26-16-27-24/h4,7,11-12,14,16,19,21,28H,5-6,8-10,13,15H2,1-3H3,(H,25,26,27). The summed E-state index contributed by atoms with van der Waals surface area (Å²) in [5, 5.41) is 1.02. The predicted molar refractivity (Wildman–Crippen MR) is 129 cm³/mol. The van der Waals surface area contributed by atoms with Crippen molar-refractivity contribution in [2.45, 2.75) is 52.0 Å².